The molecule has 0 radical (unpaired) electrons. The van der Waals surface area contributed by atoms with Gasteiger partial charge in [0.05, 0.1) is 23.0 Å². The number of methoxy groups -OCH3 is 1. The summed E-state index contributed by atoms with van der Waals surface area (Å²) in [7, 11) is 3.63. The zero-order valence-corrected chi connectivity index (χ0v) is 20.7. The van der Waals surface area contributed by atoms with Crippen molar-refractivity contribution in [3.8, 4) is 0 Å². The molecule has 3 aromatic heterocycles. The minimum Gasteiger partial charge on any atom is -0.381 e. The summed E-state index contributed by atoms with van der Waals surface area (Å²) in [6, 6.07) is 6.05. The van der Waals surface area contributed by atoms with Crippen LogP contribution < -0.4 is 15.5 Å². The number of aromatic nitrogens is 4. The third-order valence-corrected chi connectivity index (χ3v) is 7.33. The van der Waals surface area contributed by atoms with E-state index < -0.39 is 5.82 Å². The minimum absolute atomic E-state index is 0.233. The summed E-state index contributed by atoms with van der Waals surface area (Å²) in [6.07, 6.45) is 8.93. The van der Waals surface area contributed by atoms with Crippen LogP contribution in [0.4, 0.5) is 15.8 Å². The van der Waals surface area contributed by atoms with Crippen LogP contribution in [-0.2, 0) is 11.8 Å². The summed E-state index contributed by atoms with van der Waals surface area (Å²) in [6.45, 7) is 3.65. The molecule has 1 aliphatic heterocycles. The van der Waals surface area contributed by atoms with E-state index in [1.54, 1.807) is 35.5 Å². The first kappa shape index (κ1) is 22.9. The number of carbonyl (C=O) groups excluding carboxylic acids is 1. The first-order chi connectivity index (χ1) is 17.4. The van der Waals surface area contributed by atoms with E-state index in [4.69, 9.17) is 4.74 Å². The van der Waals surface area contributed by atoms with Gasteiger partial charge in [-0.05, 0) is 38.3 Å². The van der Waals surface area contributed by atoms with Crippen molar-refractivity contribution in [1.29, 1.82) is 0 Å². The molecule has 6 rings (SSSR count). The number of carbonyl (C=O) groups is 1. The summed E-state index contributed by atoms with van der Waals surface area (Å²) >= 11 is 0. The topological polar surface area (TPSA) is 88.7 Å². The number of pyridine rings is 1. The minimum atomic E-state index is -0.490. The highest BCUT2D eigenvalue weighted by Crippen LogP contribution is 2.32. The van der Waals surface area contributed by atoms with Gasteiger partial charge >= 0.3 is 0 Å². The van der Waals surface area contributed by atoms with Gasteiger partial charge in [-0.1, -0.05) is 0 Å². The number of halogens is 1. The molecule has 0 bridgehead atoms. The Kier molecular flexibility index (Phi) is 5.65. The number of nitrogens with zero attached hydrogens (tertiary/aromatic N) is 5. The van der Waals surface area contributed by atoms with Crippen LogP contribution in [0.5, 0.6) is 0 Å². The molecule has 1 aliphatic carbocycles. The highest BCUT2D eigenvalue weighted by molar-refractivity contribution is 6.13. The van der Waals surface area contributed by atoms with Crippen LogP contribution in [0.3, 0.4) is 0 Å². The van der Waals surface area contributed by atoms with Gasteiger partial charge < -0.3 is 24.7 Å². The van der Waals surface area contributed by atoms with Crippen LogP contribution in [0, 0.1) is 12.7 Å². The first-order valence-corrected chi connectivity index (χ1v) is 12.3. The third-order valence-electron chi connectivity index (χ3n) is 7.33. The molecule has 1 saturated carbocycles. The average Bonchev–Trinajstić information content (AvgIpc) is 3.52. The predicted molar refractivity (Wildman–Crippen MR) is 136 cm³/mol. The Bertz CT molecular complexity index is 1460. The molecule has 2 fully saturated rings. The summed E-state index contributed by atoms with van der Waals surface area (Å²) in [5.41, 5.74) is 3.45. The zero-order chi connectivity index (χ0) is 25.0. The van der Waals surface area contributed by atoms with E-state index >= 15 is 0 Å². The van der Waals surface area contributed by atoms with Crippen molar-refractivity contribution in [3.63, 3.8) is 0 Å². The van der Waals surface area contributed by atoms with Crippen LogP contribution >= 0.6 is 0 Å². The van der Waals surface area contributed by atoms with E-state index in [1.165, 1.54) is 6.07 Å². The highest BCUT2D eigenvalue weighted by Gasteiger charge is 2.33. The zero-order valence-electron chi connectivity index (χ0n) is 20.7. The fourth-order valence-electron chi connectivity index (χ4n) is 5.45. The second-order valence-electron chi connectivity index (χ2n) is 9.97. The van der Waals surface area contributed by atoms with Crippen molar-refractivity contribution in [3.05, 3.63) is 53.9 Å². The van der Waals surface area contributed by atoms with Crippen LogP contribution in [0.2, 0.25) is 0 Å². The smallest absolute Gasteiger partial charge is 0.257 e. The number of nitrogens with one attached hydrogen (secondary N) is 2. The number of rotatable bonds is 6. The molecule has 0 unspecified atom stereocenters. The van der Waals surface area contributed by atoms with Crippen LogP contribution in [-0.4, -0.2) is 63.5 Å². The second-order valence-corrected chi connectivity index (χ2v) is 9.97. The molecule has 0 spiro atoms. The fraction of sp³-hybridized carbons (Fsp3) is 0.423. The SMILES string of the molecule is CO[C@H]1C[C@H](N[C@H]2CCN(c3ccc(C(=O)Nc4cc(F)c5nc(C)cn5c4)c4nn(C)cc34)C2)C1. The lowest BCUT2D eigenvalue weighted by Crippen LogP contribution is -2.49. The van der Waals surface area contributed by atoms with Crippen molar-refractivity contribution in [1.82, 2.24) is 24.5 Å². The normalized spacial score (nSPS) is 21.9. The Balaban J connectivity index is 1.22. The van der Waals surface area contributed by atoms with Gasteiger partial charge in [-0.3, -0.25) is 9.48 Å². The van der Waals surface area contributed by atoms with Crippen molar-refractivity contribution in [2.45, 2.75) is 44.4 Å². The molecule has 1 atom stereocenters. The number of ether oxygens (including phenoxy) is 1. The molecule has 36 heavy (non-hydrogen) atoms. The number of amides is 1. The summed E-state index contributed by atoms with van der Waals surface area (Å²) < 4.78 is 23.2. The quantitative estimate of drug-likeness (QED) is 0.431. The number of anilines is 2. The number of imidazole rings is 1. The Morgan fingerprint density at radius 3 is 2.83 bits per heavy atom. The number of benzene rings is 1. The Morgan fingerprint density at radius 1 is 1.19 bits per heavy atom. The van der Waals surface area contributed by atoms with Gasteiger partial charge in [0.1, 0.15) is 5.52 Å². The van der Waals surface area contributed by atoms with Crippen molar-refractivity contribution >= 4 is 33.8 Å². The van der Waals surface area contributed by atoms with Gasteiger partial charge in [-0.15, -0.1) is 0 Å². The summed E-state index contributed by atoms with van der Waals surface area (Å²) in [4.78, 5) is 19.8. The van der Waals surface area contributed by atoms with Crippen molar-refractivity contribution in [2.75, 3.05) is 30.4 Å². The molecule has 1 saturated heterocycles. The standard InChI is InChI=1S/C26H30FN7O2/c1-15-11-34-13-18(10-22(27)25(34)28-15)30-26(35)20-4-5-23(21-14-32(2)31-24(20)21)33-7-6-16(12-33)29-17-8-19(9-17)36-3/h4-5,10-11,13-14,16-17,19,29H,6-9,12H2,1-3H3,(H,30,35)/t16-,17-,19-/m0/s1. The maximum Gasteiger partial charge on any atom is 0.257 e. The van der Waals surface area contributed by atoms with E-state index in [2.05, 4.69) is 25.6 Å². The van der Waals surface area contributed by atoms with Crippen LogP contribution in [0.25, 0.3) is 16.6 Å². The molecule has 9 nitrogen and oxygen atoms in total. The number of hydrogen-bond acceptors (Lipinski definition) is 6. The fourth-order valence-corrected chi connectivity index (χ4v) is 5.45. The van der Waals surface area contributed by atoms with E-state index in [0.29, 0.717) is 40.6 Å². The molecule has 4 heterocycles. The van der Waals surface area contributed by atoms with Gasteiger partial charge in [0.25, 0.3) is 5.91 Å². The first-order valence-electron chi connectivity index (χ1n) is 12.3. The predicted octanol–water partition coefficient (Wildman–Crippen LogP) is 3.27. The number of aryl methyl sites for hydroxylation is 2. The van der Waals surface area contributed by atoms with E-state index in [0.717, 1.165) is 43.4 Å². The van der Waals surface area contributed by atoms with E-state index in [-0.39, 0.29) is 11.6 Å². The molecule has 1 amide bonds. The van der Waals surface area contributed by atoms with Crippen LogP contribution in [0.15, 0.2) is 36.8 Å². The Hall–Kier alpha value is -3.50. The second kappa shape index (κ2) is 8.86. The van der Waals surface area contributed by atoms with E-state index in [1.807, 2.05) is 25.4 Å². The number of fused-ring (bicyclic) bond motifs is 2. The maximum atomic E-state index is 14.5. The molecule has 10 heteroatoms. The average molecular weight is 492 g/mol. The largest absolute Gasteiger partial charge is 0.381 e. The van der Waals surface area contributed by atoms with Gasteiger partial charge in [-0.25, -0.2) is 9.37 Å². The Labute approximate surface area is 208 Å². The lowest BCUT2D eigenvalue weighted by molar-refractivity contribution is 0.0149. The number of hydrogen-bond donors (Lipinski definition) is 2. The van der Waals surface area contributed by atoms with Crippen molar-refractivity contribution in [2.24, 2.45) is 7.05 Å². The molecular weight excluding hydrogens is 461 g/mol. The third kappa shape index (κ3) is 4.10. The molecule has 1 aromatic carbocycles. The van der Waals surface area contributed by atoms with Gasteiger partial charge in [0, 0.05) is 75.1 Å². The lowest BCUT2D eigenvalue weighted by Gasteiger charge is -2.36. The summed E-state index contributed by atoms with van der Waals surface area (Å²) in [5.74, 6) is -0.824. The van der Waals surface area contributed by atoms with E-state index in [9.17, 15) is 9.18 Å². The maximum absolute atomic E-state index is 14.5. The molecular formula is C26H30FN7O2. The van der Waals surface area contributed by atoms with Crippen LogP contribution in [0.1, 0.15) is 35.3 Å². The summed E-state index contributed by atoms with van der Waals surface area (Å²) in [5, 5.41) is 12.1. The van der Waals surface area contributed by atoms with Gasteiger partial charge in [0.2, 0.25) is 0 Å². The van der Waals surface area contributed by atoms with Crippen molar-refractivity contribution < 1.29 is 13.9 Å². The van der Waals surface area contributed by atoms with Gasteiger partial charge in [0.15, 0.2) is 11.5 Å². The molecule has 4 aromatic rings. The molecule has 188 valence electrons. The highest BCUT2D eigenvalue weighted by atomic mass is 19.1. The molecule has 2 aliphatic rings. The molecule has 2 N–H and O–H groups in total. The Morgan fingerprint density at radius 2 is 2.03 bits per heavy atom. The lowest BCUT2D eigenvalue weighted by atomic mass is 9.88. The van der Waals surface area contributed by atoms with Gasteiger partial charge in [-0.2, -0.15) is 5.10 Å². The monoisotopic (exact) mass is 491 g/mol.